The third-order valence-electron chi connectivity index (χ3n) is 2.13. The molecule has 0 N–H and O–H groups in total. The van der Waals surface area contributed by atoms with Gasteiger partial charge in [-0.25, -0.2) is 0 Å². The average Bonchev–Trinajstić information content (AvgIpc) is 1.95. The molecule has 0 amide bonds. The molecule has 108 valence electrons. The second-order valence-corrected chi connectivity index (χ2v) is 7.80. The molecule has 0 rings (SSSR count). The number of carbonyl (C=O) groups excluding carboxylic acids is 2. The molecule has 18 heavy (non-hydrogen) atoms. The van der Waals surface area contributed by atoms with Crippen molar-refractivity contribution in [2.75, 3.05) is 0 Å². The third-order valence-corrected chi connectivity index (χ3v) is 2.13. The number of rotatable bonds is 3. The van der Waals surface area contributed by atoms with Gasteiger partial charge < -0.3 is 4.79 Å². The van der Waals surface area contributed by atoms with E-state index >= 15 is 0 Å². The van der Waals surface area contributed by atoms with Crippen LogP contribution in [0.4, 0.5) is 0 Å². The van der Waals surface area contributed by atoms with Crippen molar-refractivity contribution in [3.63, 3.8) is 0 Å². The molecule has 0 saturated carbocycles. The first-order valence-electron chi connectivity index (χ1n) is 6.77. The Bertz CT molecular complexity index is 262. The third kappa shape index (κ3) is 17.7. The summed E-state index contributed by atoms with van der Waals surface area (Å²) in [5.41, 5.74) is 0.327. The van der Waals surface area contributed by atoms with E-state index in [2.05, 4.69) is 41.5 Å². The Morgan fingerprint density at radius 1 is 0.833 bits per heavy atom. The first-order valence-corrected chi connectivity index (χ1v) is 6.77. The summed E-state index contributed by atoms with van der Waals surface area (Å²) in [4.78, 5) is 21.6. The normalized spacial score (nSPS) is 11.9. The molecule has 0 aromatic carbocycles. The Kier molecular flexibility index (Phi) is 8.42. The molecule has 0 saturated heterocycles. The van der Waals surface area contributed by atoms with Crippen LogP contribution >= 0.6 is 0 Å². The first-order chi connectivity index (χ1) is 7.74. The van der Waals surface area contributed by atoms with E-state index in [1.165, 1.54) is 0 Å². The zero-order chi connectivity index (χ0) is 15.1. The fraction of sp³-hybridized carbons (Fsp3) is 0.875. The molecule has 0 spiro atoms. The summed E-state index contributed by atoms with van der Waals surface area (Å²) in [6.07, 6.45) is 1.39. The van der Waals surface area contributed by atoms with Gasteiger partial charge in [-0.15, -0.1) is 0 Å². The van der Waals surface area contributed by atoms with Crippen LogP contribution in [0.1, 0.15) is 75.2 Å². The minimum absolute atomic E-state index is 0.154. The zero-order valence-corrected chi connectivity index (χ0v) is 13.8. The Morgan fingerprint density at radius 3 is 1.22 bits per heavy atom. The lowest BCUT2D eigenvalue weighted by Gasteiger charge is -2.17. The van der Waals surface area contributed by atoms with E-state index in [-0.39, 0.29) is 22.5 Å². The van der Waals surface area contributed by atoms with Crippen LogP contribution in [-0.4, -0.2) is 11.6 Å². The maximum absolute atomic E-state index is 11.2. The lowest BCUT2D eigenvalue weighted by molar-refractivity contribution is -0.123. The number of hydrogen-bond acceptors (Lipinski definition) is 2. The molecule has 2 nitrogen and oxygen atoms in total. The van der Waals surface area contributed by atoms with E-state index in [0.29, 0.717) is 18.6 Å². The lowest BCUT2D eigenvalue weighted by atomic mass is 9.87. The summed E-state index contributed by atoms with van der Waals surface area (Å²) in [6, 6.07) is 0. The van der Waals surface area contributed by atoms with Gasteiger partial charge in [0.2, 0.25) is 0 Å². The van der Waals surface area contributed by atoms with Crippen molar-refractivity contribution in [1.82, 2.24) is 0 Å². The molecule has 0 aliphatic heterocycles. The number of Topliss-reactive ketones (excluding diaryl/α,β-unsaturated/α-hetero) is 2. The smallest absolute Gasteiger partial charge is 0.135 e. The Balaban J connectivity index is 0. The summed E-state index contributed by atoms with van der Waals surface area (Å²) in [6.45, 7) is 18.0. The molecule has 2 heteroatoms. The largest absolute Gasteiger partial charge is 0.300 e. The number of carbonyl (C=O) groups is 2. The van der Waals surface area contributed by atoms with Crippen molar-refractivity contribution in [3.05, 3.63) is 0 Å². The molecule has 0 aliphatic carbocycles. The standard InChI is InChI=1S/C9H18O.C7H14O/c1-7(2)8(10)6-9(3,4)5;1-6(8)5-7(2,3)4/h7H,6H2,1-5H3;5H2,1-4H3. The molecule has 0 aromatic rings. The van der Waals surface area contributed by atoms with Crippen molar-refractivity contribution in [1.29, 1.82) is 0 Å². The van der Waals surface area contributed by atoms with Crippen LogP contribution in [0.25, 0.3) is 0 Å². The van der Waals surface area contributed by atoms with Crippen LogP contribution in [0, 0.1) is 16.7 Å². The average molecular weight is 256 g/mol. The molecular weight excluding hydrogens is 224 g/mol. The zero-order valence-electron chi connectivity index (χ0n) is 13.8. The van der Waals surface area contributed by atoms with Crippen LogP contribution in [-0.2, 0) is 9.59 Å². The molecule has 0 fully saturated rings. The maximum atomic E-state index is 11.2. The van der Waals surface area contributed by atoms with Gasteiger partial charge in [-0.3, -0.25) is 4.79 Å². The van der Waals surface area contributed by atoms with Gasteiger partial charge in [-0.05, 0) is 17.8 Å². The highest BCUT2D eigenvalue weighted by Crippen LogP contribution is 2.20. The Labute approximate surface area is 114 Å². The van der Waals surface area contributed by atoms with Crippen molar-refractivity contribution < 1.29 is 9.59 Å². The van der Waals surface area contributed by atoms with Gasteiger partial charge in [0.15, 0.2) is 0 Å². The van der Waals surface area contributed by atoms with E-state index < -0.39 is 0 Å². The molecule has 0 radical (unpaired) electrons. The van der Waals surface area contributed by atoms with Crippen LogP contribution in [0.15, 0.2) is 0 Å². The van der Waals surface area contributed by atoms with E-state index in [4.69, 9.17) is 0 Å². The summed E-state index contributed by atoms with van der Waals surface area (Å²) < 4.78 is 0. The fourth-order valence-electron chi connectivity index (χ4n) is 1.47. The van der Waals surface area contributed by atoms with Crippen molar-refractivity contribution in [2.45, 2.75) is 75.2 Å². The van der Waals surface area contributed by atoms with E-state index in [0.717, 1.165) is 0 Å². The van der Waals surface area contributed by atoms with Gasteiger partial charge in [-0.2, -0.15) is 0 Å². The van der Waals surface area contributed by atoms with Crippen LogP contribution in [0.3, 0.4) is 0 Å². The highest BCUT2D eigenvalue weighted by atomic mass is 16.1. The van der Waals surface area contributed by atoms with Gasteiger partial charge in [0, 0.05) is 18.8 Å². The second kappa shape index (κ2) is 7.70. The fourth-order valence-corrected chi connectivity index (χ4v) is 1.47. The van der Waals surface area contributed by atoms with E-state index in [1.54, 1.807) is 6.92 Å². The van der Waals surface area contributed by atoms with Gasteiger partial charge in [0.25, 0.3) is 0 Å². The summed E-state index contributed by atoms with van der Waals surface area (Å²) >= 11 is 0. The first kappa shape index (κ1) is 19.7. The number of hydrogen-bond donors (Lipinski definition) is 0. The van der Waals surface area contributed by atoms with Gasteiger partial charge in [-0.1, -0.05) is 55.4 Å². The molecule has 0 aliphatic rings. The summed E-state index contributed by atoms with van der Waals surface area (Å²) in [5.74, 6) is 0.837. The molecule has 0 unspecified atom stereocenters. The van der Waals surface area contributed by atoms with Crippen LogP contribution in [0.5, 0.6) is 0 Å². The Morgan fingerprint density at radius 2 is 1.17 bits per heavy atom. The van der Waals surface area contributed by atoms with Crippen LogP contribution < -0.4 is 0 Å². The van der Waals surface area contributed by atoms with Gasteiger partial charge in [0.1, 0.15) is 11.6 Å². The molecule has 0 heterocycles. The van der Waals surface area contributed by atoms with Gasteiger partial charge >= 0.3 is 0 Å². The minimum atomic E-state index is 0.154. The summed E-state index contributed by atoms with van der Waals surface area (Å²) in [5, 5.41) is 0. The second-order valence-electron chi connectivity index (χ2n) is 7.80. The quantitative estimate of drug-likeness (QED) is 0.736. The van der Waals surface area contributed by atoms with Crippen molar-refractivity contribution >= 4 is 11.6 Å². The molecular formula is C16H32O2. The molecule has 0 aromatic heterocycles. The molecule has 0 bridgehead atoms. The van der Waals surface area contributed by atoms with E-state index in [1.807, 2.05) is 13.8 Å². The number of ketones is 2. The Hall–Kier alpha value is -0.660. The molecule has 0 atom stereocenters. The monoisotopic (exact) mass is 256 g/mol. The summed E-state index contributed by atoms with van der Waals surface area (Å²) in [7, 11) is 0. The highest BCUT2D eigenvalue weighted by molar-refractivity contribution is 5.80. The predicted molar refractivity (Wildman–Crippen MR) is 78.7 cm³/mol. The lowest BCUT2D eigenvalue weighted by Crippen LogP contribution is -2.16. The van der Waals surface area contributed by atoms with Crippen molar-refractivity contribution in [2.24, 2.45) is 16.7 Å². The topological polar surface area (TPSA) is 34.1 Å². The van der Waals surface area contributed by atoms with Crippen molar-refractivity contribution in [3.8, 4) is 0 Å². The predicted octanol–water partition coefficient (Wildman–Crippen LogP) is 4.66. The van der Waals surface area contributed by atoms with Crippen LogP contribution in [0.2, 0.25) is 0 Å². The van der Waals surface area contributed by atoms with E-state index in [9.17, 15) is 9.59 Å². The highest BCUT2D eigenvalue weighted by Gasteiger charge is 2.17. The SMILES string of the molecule is CC(=O)CC(C)(C)C.CC(C)C(=O)CC(C)(C)C. The van der Waals surface area contributed by atoms with Gasteiger partial charge in [0.05, 0.1) is 0 Å². The minimum Gasteiger partial charge on any atom is -0.300 e. The maximum Gasteiger partial charge on any atom is 0.135 e.